The number of nitrogens with one attached hydrogen (secondary N) is 1. The van der Waals surface area contributed by atoms with Crippen LogP contribution < -0.4 is 10.1 Å². The molecule has 0 spiro atoms. The molecule has 3 aromatic rings. The quantitative estimate of drug-likeness (QED) is 0.564. The molecular weight excluding hydrogens is 362 g/mol. The molecule has 4 nitrogen and oxygen atoms in total. The van der Waals surface area contributed by atoms with Gasteiger partial charge in [0.05, 0.1) is 10.6 Å². The Morgan fingerprint density at radius 3 is 2.48 bits per heavy atom. The zero-order valence-electron chi connectivity index (χ0n) is 14.9. The van der Waals surface area contributed by atoms with Gasteiger partial charge in [-0.1, -0.05) is 54.1 Å². The smallest absolute Gasteiger partial charge is 0.337 e. The lowest BCUT2D eigenvalue weighted by Crippen LogP contribution is -2.05. The van der Waals surface area contributed by atoms with Crippen LogP contribution in [0.1, 0.15) is 27.0 Å². The molecule has 0 saturated carbocycles. The fourth-order valence-corrected chi connectivity index (χ4v) is 2.91. The number of halogens is 1. The highest BCUT2D eigenvalue weighted by molar-refractivity contribution is 6.33. The van der Waals surface area contributed by atoms with E-state index in [9.17, 15) is 9.90 Å². The third-order valence-electron chi connectivity index (χ3n) is 4.30. The number of carbonyl (C=O) groups is 1. The van der Waals surface area contributed by atoms with E-state index in [1.165, 1.54) is 11.6 Å². The molecule has 0 aliphatic rings. The van der Waals surface area contributed by atoms with Gasteiger partial charge in [-0.05, 0) is 42.3 Å². The maximum atomic E-state index is 11.2. The van der Waals surface area contributed by atoms with Gasteiger partial charge in [0.15, 0.2) is 0 Å². The monoisotopic (exact) mass is 381 g/mol. The van der Waals surface area contributed by atoms with Crippen molar-refractivity contribution in [3.63, 3.8) is 0 Å². The molecular formula is C22H20ClNO3. The van der Waals surface area contributed by atoms with Gasteiger partial charge >= 0.3 is 5.97 Å². The Balaban J connectivity index is 1.70. The third-order valence-corrected chi connectivity index (χ3v) is 4.63. The van der Waals surface area contributed by atoms with E-state index in [1.807, 2.05) is 36.4 Å². The van der Waals surface area contributed by atoms with Crippen LogP contribution in [0.3, 0.4) is 0 Å². The van der Waals surface area contributed by atoms with E-state index in [0.717, 1.165) is 16.9 Å². The highest BCUT2D eigenvalue weighted by Gasteiger charge is 2.10. The van der Waals surface area contributed by atoms with Crippen molar-refractivity contribution in [1.82, 2.24) is 0 Å². The van der Waals surface area contributed by atoms with Crippen LogP contribution >= 0.6 is 11.6 Å². The molecule has 0 radical (unpaired) electrons. The molecule has 0 bridgehead atoms. The Morgan fingerprint density at radius 1 is 1.04 bits per heavy atom. The van der Waals surface area contributed by atoms with Gasteiger partial charge in [-0.3, -0.25) is 0 Å². The zero-order chi connectivity index (χ0) is 19.2. The fraction of sp³-hybridized carbons (Fsp3) is 0.136. The van der Waals surface area contributed by atoms with Crippen LogP contribution in [-0.4, -0.2) is 11.1 Å². The summed E-state index contributed by atoms with van der Waals surface area (Å²) in [6, 6.07) is 20.8. The van der Waals surface area contributed by atoms with E-state index < -0.39 is 5.97 Å². The summed E-state index contributed by atoms with van der Waals surface area (Å²) < 4.78 is 6.02. The molecule has 27 heavy (non-hydrogen) atoms. The molecule has 0 fully saturated rings. The number of hydrogen-bond donors (Lipinski definition) is 2. The Labute approximate surface area is 163 Å². The van der Waals surface area contributed by atoms with Crippen LogP contribution in [0.2, 0.25) is 5.02 Å². The van der Waals surface area contributed by atoms with Crippen molar-refractivity contribution >= 4 is 23.3 Å². The maximum absolute atomic E-state index is 11.2. The van der Waals surface area contributed by atoms with E-state index in [2.05, 4.69) is 24.4 Å². The summed E-state index contributed by atoms with van der Waals surface area (Å²) in [7, 11) is 0. The molecule has 0 saturated heterocycles. The Hall–Kier alpha value is -2.98. The van der Waals surface area contributed by atoms with Crippen molar-refractivity contribution < 1.29 is 14.6 Å². The number of carboxylic acids is 1. The van der Waals surface area contributed by atoms with Crippen molar-refractivity contribution in [3.8, 4) is 5.75 Å². The average molecular weight is 382 g/mol. The van der Waals surface area contributed by atoms with Gasteiger partial charge in [0.1, 0.15) is 12.4 Å². The Kier molecular flexibility index (Phi) is 5.99. The van der Waals surface area contributed by atoms with Gasteiger partial charge in [0, 0.05) is 17.8 Å². The van der Waals surface area contributed by atoms with E-state index in [4.69, 9.17) is 16.3 Å². The second kappa shape index (κ2) is 8.60. The Bertz CT molecular complexity index is 956. The van der Waals surface area contributed by atoms with Gasteiger partial charge in [0.2, 0.25) is 0 Å². The van der Waals surface area contributed by atoms with Crippen LogP contribution in [-0.2, 0) is 13.2 Å². The van der Waals surface area contributed by atoms with Crippen molar-refractivity contribution in [2.24, 2.45) is 0 Å². The first-order valence-corrected chi connectivity index (χ1v) is 8.94. The molecule has 0 heterocycles. The number of aromatic carboxylic acids is 1. The van der Waals surface area contributed by atoms with E-state index in [-0.39, 0.29) is 10.6 Å². The first-order chi connectivity index (χ1) is 13.0. The third kappa shape index (κ3) is 4.80. The van der Waals surface area contributed by atoms with Crippen molar-refractivity contribution in [2.45, 2.75) is 20.1 Å². The number of hydrogen-bond acceptors (Lipinski definition) is 3. The number of carboxylic acid groups (broad SMARTS) is 1. The molecule has 0 aliphatic heterocycles. The number of ether oxygens (including phenoxy) is 1. The molecule has 0 aromatic heterocycles. The predicted molar refractivity (Wildman–Crippen MR) is 108 cm³/mol. The standard InChI is InChI=1S/C22H20ClNO3/c1-15-6-2-3-8-17(15)14-27-21-9-5-4-7-16(21)13-24-18-10-11-20(23)19(12-18)22(25)26/h2-12,24H,13-14H2,1H3,(H,25,26). The summed E-state index contributed by atoms with van der Waals surface area (Å²) in [6.45, 7) is 3.06. The Morgan fingerprint density at radius 2 is 1.74 bits per heavy atom. The highest BCUT2D eigenvalue weighted by Crippen LogP contribution is 2.24. The largest absolute Gasteiger partial charge is 0.489 e. The molecule has 138 valence electrons. The summed E-state index contributed by atoms with van der Waals surface area (Å²) in [5.74, 6) is -0.258. The average Bonchev–Trinajstić information content (AvgIpc) is 2.67. The summed E-state index contributed by atoms with van der Waals surface area (Å²) in [6.07, 6.45) is 0. The molecule has 0 amide bonds. The molecule has 3 rings (SSSR count). The van der Waals surface area contributed by atoms with Crippen LogP contribution in [0.25, 0.3) is 0 Å². The van der Waals surface area contributed by atoms with Crippen LogP contribution in [0.4, 0.5) is 5.69 Å². The summed E-state index contributed by atoms with van der Waals surface area (Å²) >= 11 is 5.92. The second-order valence-corrected chi connectivity index (χ2v) is 6.58. The van der Waals surface area contributed by atoms with Gasteiger partial charge in [-0.2, -0.15) is 0 Å². The molecule has 0 unspecified atom stereocenters. The zero-order valence-corrected chi connectivity index (χ0v) is 15.7. The fourth-order valence-electron chi connectivity index (χ4n) is 2.71. The number of benzene rings is 3. The van der Waals surface area contributed by atoms with Gasteiger partial charge < -0.3 is 15.2 Å². The van der Waals surface area contributed by atoms with Crippen LogP contribution in [0.5, 0.6) is 5.75 Å². The number of rotatable bonds is 7. The van der Waals surface area contributed by atoms with Gasteiger partial charge in [-0.15, -0.1) is 0 Å². The highest BCUT2D eigenvalue weighted by atomic mass is 35.5. The summed E-state index contributed by atoms with van der Waals surface area (Å²) in [5.41, 5.74) is 4.08. The second-order valence-electron chi connectivity index (χ2n) is 6.18. The molecule has 3 aromatic carbocycles. The minimum atomic E-state index is -1.05. The lowest BCUT2D eigenvalue weighted by atomic mass is 10.1. The predicted octanol–water partition coefficient (Wildman–Crippen LogP) is 5.54. The van der Waals surface area contributed by atoms with Gasteiger partial charge in [0.25, 0.3) is 0 Å². The SMILES string of the molecule is Cc1ccccc1COc1ccccc1CNc1ccc(Cl)c(C(=O)O)c1. The lowest BCUT2D eigenvalue weighted by Gasteiger charge is -2.14. The van der Waals surface area contributed by atoms with Crippen LogP contribution in [0, 0.1) is 6.92 Å². The number of aryl methyl sites for hydroxylation is 1. The van der Waals surface area contributed by atoms with Crippen molar-refractivity contribution in [2.75, 3.05) is 5.32 Å². The van der Waals surface area contributed by atoms with Crippen molar-refractivity contribution in [1.29, 1.82) is 0 Å². The lowest BCUT2D eigenvalue weighted by molar-refractivity contribution is 0.0697. The molecule has 5 heteroatoms. The minimum Gasteiger partial charge on any atom is -0.489 e. The molecule has 0 aliphatic carbocycles. The van der Waals surface area contributed by atoms with Crippen LogP contribution in [0.15, 0.2) is 66.7 Å². The topological polar surface area (TPSA) is 58.6 Å². The minimum absolute atomic E-state index is 0.0748. The first-order valence-electron chi connectivity index (χ1n) is 8.56. The van der Waals surface area contributed by atoms with Crippen molar-refractivity contribution in [3.05, 3.63) is 94.0 Å². The number of anilines is 1. The van der Waals surface area contributed by atoms with E-state index in [0.29, 0.717) is 18.8 Å². The number of para-hydroxylation sites is 1. The maximum Gasteiger partial charge on any atom is 0.337 e. The normalized spacial score (nSPS) is 10.4. The summed E-state index contributed by atoms with van der Waals surface area (Å²) in [4.78, 5) is 11.2. The van der Waals surface area contributed by atoms with Gasteiger partial charge in [-0.25, -0.2) is 4.79 Å². The summed E-state index contributed by atoms with van der Waals surface area (Å²) in [5, 5.41) is 12.6. The first kappa shape index (κ1) is 18.8. The molecule has 0 atom stereocenters. The van der Waals surface area contributed by atoms with E-state index in [1.54, 1.807) is 12.1 Å². The molecule has 2 N–H and O–H groups in total. The van der Waals surface area contributed by atoms with E-state index >= 15 is 0 Å².